The largest absolute Gasteiger partial charge is 0.306 e. The third-order valence-electron chi connectivity index (χ3n) is 3.64. The van der Waals surface area contributed by atoms with Crippen molar-refractivity contribution in [2.24, 2.45) is 5.92 Å². The van der Waals surface area contributed by atoms with E-state index >= 15 is 0 Å². The average Bonchev–Trinajstić information content (AvgIpc) is 2.96. The van der Waals surface area contributed by atoms with Gasteiger partial charge in [-0.3, -0.25) is 4.79 Å². The number of carbonyl (C=O) groups is 1. The third kappa shape index (κ3) is 2.72. The molecule has 0 aliphatic carbocycles. The molecule has 0 aliphatic rings. The first-order valence-electron chi connectivity index (χ1n) is 7.44. The average molecular weight is 293 g/mol. The molecule has 0 radical (unpaired) electrons. The van der Waals surface area contributed by atoms with Gasteiger partial charge in [0.2, 0.25) is 5.91 Å². The van der Waals surface area contributed by atoms with Crippen LogP contribution in [-0.2, 0) is 11.3 Å². The maximum atomic E-state index is 12.6. The van der Waals surface area contributed by atoms with E-state index in [4.69, 9.17) is 0 Å². The number of imidazole rings is 1. The molecule has 0 N–H and O–H groups in total. The molecule has 2 heterocycles. The highest BCUT2D eigenvalue weighted by Crippen LogP contribution is 2.20. The van der Waals surface area contributed by atoms with Gasteiger partial charge in [0.15, 0.2) is 0 Å². The van der Waals surface area contributed by atoms with Crippen molar-refractivity contribution < 1.29 is 4.79 Å². The lowest BCUT2D eigenvalue weighted by atomic mass is 10.1. The molecule has 0 spiro atoms. The van der Waals surface area contributed by atoms with Gasteiger partial charge in [-0.1, -0.05) is 38.1 Å². The second-order valence-corrected chi connectivity index (χ2v) is 5.59. The van der Waals surface area contributed by atoms with Crippen LogP contribution in [0.5, 0.6) is 0 Å². The summed E-state index contributed by atoms with van der Waals surface area (Å²) in [5.74, 6) is 0.0523. The van der Waals surface area contributed by atoms with Gasteiger partial charge in [-0.2, -0.15) is 0 Å². The number of anilines is 1. The summed E-state index contributed by atoms with van der Waals surface area (Å²) in [6, 6.07) is 15.7. The standard InChI is InChI=1S/C18H19N3O/c1-14(2)18(22)21(15-8-4-3-5-9-15)13-16-12-19-17-10-6-7-11-20(16)17/h3-12,14H,13H2,1-2H3. The highest BCUT2D eigenvalue weighted by atomic mass is 16.2. The predicted octanol–water partition coefficient (Wildman–Crippen LogP) is 3.52. The Kier molecular flexibility index (Phi) is 3.92. The Labute approximate surface area is 130 Å². The molecular formula is C18H19N3O. The monoisotopic (exact) mass is 293 g/mol. The molecule has 0 saturated carbocycles. The second-order valence-electron chi connectivity index (χ2n) is 5.59. The smallest absolute Gasteiger partial charge is 0.229 e. The van der Waals surface area contributed by atoms with Crippen LogP contribution in [0.2, 0.25) is 0 Å². The minimum absolute atomic E-state index is 0.0561. The van der Waals surface area contributed by atoms with Gasteiger partial charge in [-0.05, 0) is 24.3 Å². The Hall–Kier alpha value is -2.62. The van der Waals surface area contributed by atoms with E-state index in [9.17, 15) is 4.79 Å². The van der Waals surface area contributed by atoms with Crippen LogP contribution in [0.1, 0.15) is 19.5 Å². The van der Waals surface area contributed by atoms with Gasteiger partial charge < -0.3 is 9.30 Å². The minimum Gasteiger partial charge on any atom is -0.306 e. The number of nitrogens with zero attached hydrogens (tertiary/aromatic N) is 3. The van der Waals surface area contributed by atoms with E-state index in [1.165, 1.54) is 0 Å². The van der Waals surface area contributed by atoms with Crippen molar-refractivity contribution in [2.75, 3.05) is 4.90 Å². The van der Waals surface area contributed by atoms with E-state index in [1.807, 2.05) is 84.1 Å². The molecule has 22 heavy (non-hydrogen) atoms. The summed E-state index contributed by atoms with van der Waals surface area (Å²) in [7, 11) is 0. The summed E-state index contributed by atoms with van der Waals surface area (Å²) in [4.78, 5) is 18.8. The van der Waals surface area contributed by atoms with Gasteiger partial charge in [0.25, 0.3) is 0 Å². The molecule has 4 nitrogen and oxygen atoms in total. The van der Waals surface area contributed by atoms with Crippen LogP contribution in [0.15, 0.2) is 60.9 Å². The Morgan fingerprint density at radius 3 is 2.59 bits per heavy atom. The fourth-order valence-corrected chi connectivity index (χ4v) is 2.48. The zero-order chi connectivity index (χ0) is 15.5. The molecule has 4 heteroatoms. The normalized spacial score (nSPS) is 11.0. The first-order valence-corrected chi connectivity index (χ1v) is 7.44. The van der Waals surface area contributed by atoms with Crippen molar-refractivity contribution in [3.8, 4) is 0 Å². The lowest BCUT2D eigenvalue weighted by molar-refractivity contribution is -0.121. The molecule has 0 unspecified atom stereocenters. The van der Waals surface area contributed by atoms with Crippen LogP contribution in [0.25, 0.3) is 5.65 Å². The number of rotatable bonds is 4. The Morgan fingerprint density at radius 1 is 1.14 bits per heavy atom. The van der Waals surface area contributed by atoms with E-state index < -0.39 is 0 Å². The Balaban J connectivity index is 1.98. The van der Waals surface area contributed by atoms with Gasteiger partial charge >= 0.3 is 0 Å². The number of benzene rings is 1. The predicted molar refractivity (Wildman–Crippen MR) is 87.7 cm³/mol. The van der Waals surface area contributed by atoms with Crippen molar-refractivity contribution in [1.29, 1.82) is 0 Å². The number of hydrogen-bond acceptors (Lipinski definition) is 2. The lowest BCUT2D eigenvalue weighted by Crippen LogP contribution is -2.34. The van der Waals surface area contributed by atoms with Gasteiger partial charge in [-0.25, -0.2) is 4.98 Å². The molecule has 2 aromatic heterocycles. The molecule has 3 rings (SSSR count). The van der Waals surface area contributed by atoms with E-state index in [0.717, 1.165) is 17.0 Å². The molecule has 3 aromatic rings. The number of fused-ring (bicyclic) bond motifs is 1. The fraction of sp³-hybridized carbons (Fsp3) is 0.222. The van der Waals surface area contributed by atoms with Gasteiger partial charge in [0, 0.05) is 17.8 Å². The summed E-state index contributed by atoms with van der Waals surface area (Å²) < 4.78 is 2.02. The second kappa shape index (κ2) is 6.02. The summed E-state index contributed by atoms with van der Waals surface area (Å²) >= 11 is 0. The summed E-state index contributed by atoms with van der Waals surface area (Å²) in [5.41, 5.74) is 2.79. The summed E-state index contributed by atoms with van der Waals surface area (Å²) in [5, 5.41) is 0. The topological polar surface area (TPSA) is 37.6 Å². The van der Waals surface area contributed by atoms with Gasteiger partial charge in [0.05, 0.1) is 18.4 Å². The van der Waals surface area contributed by atoms with Crippen LogP contribution in [0.4, 0.5) is 5.69 Å². The number of pyridine rings is 1. The number of amides is 1. The van der Waals surface area contributed by atoms with Crippen molar-refractivity contribution in [3.63, 3.8) is 0 Å². The van der Waals surface area contributed by atoms with Crippen molar-refractivity contribution in [2.45, 2.75) is 20.4 Å². The van der Waals surface area contributed by atoms with Crippen molar-refractivity contribution >= 4 is 17.2 Å². The van der Waals surface area contributed by atoms with Crippen LogP contribution in [0, 0.1) is 5.92 Å². The number of carbonyl (C=O) groups excluding carboxylic acids is 1. The zero-order valence-corrected chi connectivity index (χ0v) is 12.8. The summed E-state index contributed by atoms with van der Waals surface area (Å²) in [6.07, 6.45) is 3.81. The molecular weight excluding hydrogens is 274 g/mol. The SMILES string of the molecule is CC(C)C(=O)N(Cc1cnc2ccccn12)c1ccccc1. The van der Waals surface area contributed by atoms with E-state index in [0.29, 0.717) is 6.54 Å². The highest BCUT2D eigenvalue weighted by molar-refractivity contribution is 5.94. The van der Waals surface area contributed by atoms with Crippen LogP contribution in [-0.4, -0.2) is 15.3 Å². The Bertz CT molecular complexity index is 777. The molecule has 0 bridgehead atoms. The number of hydrogen-bond donors (Lipinski definition) is 0. The lowest BCUT2D eigenvalue weighted by Gasteiger charge is -2.24. The molecule has 112 valence electrons. The fourth-order valence-electron chi connectivity index (χ4n) is 2.48. The van der Waals surface area contributed by atoms with E-state index in [2.05, 4.69) is 4.98 Å². The Morgan fingerprint density at radius 2 is 1.86 bits per heavy atom. The minimum atomic E-state index is -0.0561. The van der Waals surface area contributed by atoms with E-state index in [-0.39, 0.29) is 11.8 Å². The number of aromatic nitrogens is 2. The first kappa shape index (κ1) is 14.3. The quantitative estimate of drug-likeness (QED) is 0.738. The zero-order valence-electron chi connectivity index (χ0n) is 12.8. The van der Waals surface area contributed by atoms with Crippen LogP contribution < -0.4 is 4.90 Å². The molecule has 0 aliphatic heterocycles. The van der Waals surface area contributed by atoms with Crippen molar-refractivity contribution in [3.05, 3.63) is 66.6 Å². The van der Waals surface area contributed by atoms with Gasteiger partial charge in [0.1, 0.15) is 5.65 Å². The summed E-state index contributed by atoms with van der Waals surface area (Å²) in [6.45, 7) is 4.35. The molecule has 1 amide bonds. The highest BCUT2D eigenvalue weighted by Gasteiger charge is 2.20. The van der Waals surface area contributed by atoms with Crippen LogP contribution in [0.3, 0.4) is 0 Å². The van der Waals surface area contributed by atoms with E-state index in [1.54, 1.807) is 0 Å². The third-order valence-corrected chi connectivity index (χ3v) is 3.64. The number of para-hydroxylation sites is 1. The maximum Gasteiger partial charge on any atom is 0.229 e. The van der Waals surface area contributed by atoms with Gasteiger partial charge in [-0.15, -0.1) is 0 Å². The first-order chi connectivity index (χ1) is 10.7. The van der Waals surface area contributed by atoms with Crippen molar-refractivity contribution in [1.82, 2.24) is 9.38 Å². The maximum absolute atomic E-state index is 12.6. The molecule has 0 atom stereocenters. The molecule has 0 saturated heterocycles. The van der Waals surface area contributed by atoms with Crippen LogP contribution >= 0.6 is 0 Å². The molecule has 0 fully saturated rings. The molecule has 1 aromatic carbocycles.